The van der Waals surface area contributed by atoms with Gasteiger partial charge in [0, 0.05) is 29.5 Å². The molecule has 0 aliphatic carbocycles. The minimum atomic E-state index is -0.0864. The number of thiocarbonyl (C=S) groups is 1. The van der Waals surface area contributed by atoms with Gasteiger partial charge in [0.15, 0.2) is 5.11 Å². The number of nitrogens with one attached hydrogen (secondary N) is 1. The van der Waals surface area contributed by atoms with Crippen LogP contribution in [0.15, 0.2) is 72.9 Å². The third-order valence-electron chi connectivity index (χ3n) is 6.34. The van der Waals surface area contributed by atoms with E-state index in [2.05, 4.69) is 82.1 Å². The van der Waals surface area contributed by atoms with Gasteiger partial charge < -0.3 is 19.9 Å². The summed E-state index contributed by atoms with van der Waals surface area (Å²) in [6, 6.07) is 23.0. The lowest BCUT2D eigenvalue weighted by atomic mass is 9.97. The third kappa shape index (κ3) is 3.36. The van der Waals surface area contributed by atoms with Crippen molar-refractivity contribution < 1.29 is 5.11 Å². The zero-order chi connectivity index (χ0) is 22.2. The molecule has 2 aromatic carbocycles. The van der Waals surface area contributed by atoms with Crippen LogP contribution in [0, 0.1) is 13.8 Å². The average Bonchev–Trinajstić information content (AvgIpc) is 3.29. The lowest BCUT2D eigenvalue weighted by Crippen LogP contribution is -2.32. The van der Waals surface area contributed by atoms with Crippen molar-refractivity contribution in [2.24, 2.45) is 0 Å². The average molecular weight is 443 g/mol. The van der Waals surface area contributed by atoms with Gasteiger partial charge in [0.1, 0.15) is 0 Å². The molecule has 0 spiro atoms. The van der Waals surface area contributed by atoms with Gasteiger partial charge in [-0.05, 0) is 61.3 Å². The van der Waals surface area contributed by atoms with Crippen molar-refractivity contribution in [3.05, 3.63) is 95.6 Å². The van der Waals surface area contributed by atoms with E-state index in [1.165, 1.54) is 27.7 Å². The lowest BCUT2D eigenvalue weighted by Gasteiger charge is -2.27. The molecule has 2 atom stereocenters. The highest BCUT2D eigenvalue weighted by Crippen LogP contribution is 2.41. The Morgan fingerprint density at radius 2 is 1.81 bits per heavy atom. The Balaban J connectivity index is 1.67. The fraction of sp³-hybridized carbons (Fsp3) is 0.231. The summed E-state index contributed by atoms with van der Waals surface area (Å²) in [5, 5.41) is 16.3. The van der Waals surface area contributed by atoms with Gasteiger partial charge in [0.25, 0.3) is 0 Å². The summed E-state index contributed by atoms with van der Waals surface area (Å²) in [6.45, 7) is 4.82. The van der Waals surface area contributed by atoms with Crippen LogP contribution in [-0.4, -0.2) is 37.8 Å². The van der Waals surface area contributed by atoms with Crippen LogP contribution in [-0.2, 0) is 0 Å². The molecule has 0 bridgehead atoms. The number of hydrogen-bond acceptors (Lipinski definition) is 3. The van der Waals surface area contributed by atoms with E-state index in [0.29, 0.717) is 11.7 Å². The van der Waals surface area contributed by atoms with Gasteiger partial charge in [0.2, 0.25) is 0 Å². The number of aliphatic hydroxyl groups excluding tert-OH is 1. The van der Waals surface area contributed by atoms with Gasteiger partial charge in [-0.15, -0.1) is 0 Å². The monoisotopic (exact) mass is 442 g/mol. The Kier molecular flexibility index (Phi) is 5.41. The normalized spacial score (nSPS) is 18.3. The molecule has 32 heavy (non-hydrogen) atoms. The van der Waals surface area contributed by atoms with Crippen molar-refractivity contribution in [1.82, 2.24) is 19.8 Å². The van der Waals surface area contributed by atoms with Gasteiger partial charge in [-0.25, -0.2) is 0 Å². The molecule has 0 saturated carbocycles. The Labute approximate surface area is 193 Å². The van der Waals surface area contributed by atoms with E-state index in [0.717, 1.165) is 11.4 Å². The number of benzene rings is 2. The van der Waals surface area contributed by atoms with E-state index >= 15 is 0 Å². The first-order valence-electron chi connectivity index (χ1n) is 10.9. The second-order valence-electron chi connectivity index (χ2n) is 8.20. The fourth-order valence-corrected chi connectivity index (χ4v) is 5.29. The molecule has 0 radical (unpaired) electrons. The fourth-order valence-electron chi connectivity index (χ4n) is 4.95. The quantitative estimate of drug-likeness (QED) is 0.442. The first-order valence-corrected chi connectivity index (χ1v) is 11.3. The van der Waals surface area contributed by atoms with E-state index in [4.69, 9.17) is 12.2 Å². The van der Waals surface area contributed by atoms with E-state index in [-0.39, 0.29) is 18.7 Å². The van der Waals surface area contributed by atoms with Crippen molar-refractivity contribution in [3.63, 3.8) is 0 Å². The van der Waals surface area contributed by atoms with Gasteiger partial charge in [0.05, 0.1) is 30.1 Å². The zero-order valence-corrected chi connectivity index (χ0v) is 19.0. The predicted molar refractivity (Wildman–Crippen MR) is 132 cm³/mol. The Bertz CT molecular complexity index is 1280. The van der Waals surface area contributed by atoms with Gasteiger partial charge in [-0.3, -0.25) is 4.98 Å². The van der Waals surface area contributed by atoms with Crippen molar-refractivity contribution >= 4 is 28.1 Å². The maximum Gasteiger partial charge on any atom is 0.170 e. The van der Waals surface area contributed by atoms with E-state index in [9.17, 15) is 5.11 Å². The van der Waals surface area contributed by atoms with Crippen LogP contribution in [0.2, 0.25) is 0 Å². The minimum Gasteiger partial charge on any atom is -0.395 e. The molecular formula is C26H26N4OS. The molecule has 162 valence electrons. The second kappa shape index (κ2) is 8.37. The van der Waals surface area contributed by atoms with E-state index in [1.807, 2.05) is 24.4 Å². The number of aryl methyl sites for hydroxylation is 1. The molecule has 0 amide bonds. The number of hydrogen-bond donors (Lipinski definition) is 2. The van der Waals surface area contributed by atoms with Crippen molar-refractivity contribution in [1.29, 1.82) is 0 Å². The highest BCUT2D eigenvalue weighted by atomic mass is 32.1. The highest BCUT2D eigenvalue weighted by Gasteiger charge is 2.41. The maximum absolute atomic E-state index is 9.74. The van der Waals surface area contributed by atoms with Crippen LogP contribution in [0.1, 0.15) is 34.7 Å². The predicted octanol–water partition coefficient (Wildman–Crippen LogP) is 4.61. The standard InChI is InChI=1S/C26H26N4OS/c1-17-16-21(18(2)30(17)23-12-7-9-19-8-3-4-10-20(19)23)25-24(22-11-5-6-13-27-22)28-26(32)29(25)14-15-31/h3-13,16,24-25,31H,14-15H2,1-2H3,(H,28,32)/t24-,25+/m1/s1. The summed E-state index contributed by atoms with van der Waals surface area (Å²) in [6.07, 6.45) is 1.81. The van der Waals surface area contributed by atoms with Crippen LogP contribution >= 0.6 is 12.2 Å². The number of rotatable bonds is 5. The van der Waals surface area contributed by atoms with Crippen LogP contribution in [0.4, 0.5) is 0 Å². The summed E-state index contributed by atoms with van der Waals surface area (Å²) in [4.78, 5) is 6.69. The summed E-state index contributed by atoms with van der Waals surface area (Å²) < 4.78 is 2.33. The molecule has 1 aliphatic heterocycles. The molecule has 4 aromatic rings. The highest BCUT2D eigenvalue weighted by molar-refractivity contribution is 7.80. The topological polar surface area (TPSA) is 53.3 Å². The molecule has 2 N–H and O–H groups in total. The maximum atomic E-state index is 9.74. The lowest BCUT2D eigenvalue weighted by molar-refractivity contribution is 0.223. The first kappa shape index (κ1) is 20.7. The Hall–Kier alpha value is -3.22. The summed E-state index contributed by atoms with van der Waals surface area (Å²) in [7, 11) is 0. The molecular weight excluding hydrogens is 416 g/mol. The summed E-state index contributed by atoms with van der Waals surface area (Å²) in [5.74, 6) is 0. The largest absolute Gasteiger partial charge is 0.395 e. The molecule has 5 nitrogen and oxygen atoms in total. The van der Waals surface area contributed by atoms with Crippen LogP contribution < -0.4 is 5.32 Å². The Morgan fingerprint density at radius 1 is 1.03 bits per heavy atom. The Morgan fingerprint density at radius 3 is 2.59 bits per heavy atom. The van der Waals surface area contributed by atoms with Crippen molar-refractivity contribution in [2.75, 3.05) is 13.2 Å². The van der Waals surface area contributed by atoms with Crippen LogP contribution in [0.25, 0.3) is 16.5 Å². The number of nitrogens with zero attached hydrogens (tertiary/aromatic N) is 3. The summed E-state index contributed by atoms with van der Waals surface area (Å²) >= 11 is 5.67. The van der Waals surface area contributed by atoms with Crippen LogP contribution in [0.3, 0.4) is 0 Å². The SMILES string of the molecule is Cc1cc([C@H]2[C@@H](c3ccccn3)NC(=S)N2CCO)c(C)n1-c1cccc2ccccc12. The molecule has 5 rings (SSSR count). The molecule has 1 aliphatic rings. The summed E-state index contributed by atoms with van der Waals surface area (Å²) in [5.41, 5.74) is 5.62. The van der Waals surface area contributed by atoms with Gasteiger partial charge in [-0.2, -0.15) is 0 Å². The molecule has 0 unspecified atom stereocenters. The third-order valence-corrected chi connectivity index (χ3v) is 6.69. The van der Waals surface area contributed by atoms with Crippen molar-refractivity contribution in [3.8, 4) is 5.69 Å². The van der Waals surface area contributed by atoms with E-state index < -0.39 is 0 Å². The first-order chi connectivity index (χ1) is 15.6. The molecule has 1 fully saturated rings. The smallest absolute Gasteiger partial charge is 0.170 e. The molecule has 3 heterocycles. The number of aliphatic hydroxyl groups is 1. The number of β-amino-alcohol motifs (C(OH)–C–C–N with tert-alkyl or cyclic N) is 1. The molecule has 1 saturated heterocycles. The minimum absolute atomic E-state index is 0.0370. The van der Waals surface area contributed by atoms with Crippen molar-refractivity contribution in [2.45, 2.75) is 25.9 Å². The zero-order valence-electron chi connectivity index (χ0n) is 18.2. The second-order valence-corrected chi connectivity index (χ2v) is 8.59. The number of pyridine rings is 1. The molecule has 6 heteroatoms. The van der Waals surface area contributed by atoms with Crippen LogP contribution in [0.5, 0.6) is 0 Å². The van der Waals surface area contributed by atoms with Gasteiger partial charge >= 0.3 is 0 Å². The van der Waals surface area contributed by atoms with Gasteiger partial charge in [-0.1, -0.05) is 42.5 Å². The van der Waals surface area contributed by atoms with E-state index in [1.54, 1.807) is 0 Å². The number of aromatic nitrogens is 2. The number of fused-ring (bicyclic) bond motifs is 1. The molecule has 2 aromatic heterocycles.